The van der Waals surface area contributed by atoms with Crippen LogP contribution in [-0.4, -0.2) is 64.3 Å². The fraction of sp³-hybridized carbons (Fsp3) is 0.333. The van der Waals surface area contributed by atoms with Crippen molar-refractivity contribution >= 4 is 50.3 Å². The van der Waals surface area contributed by atoms with Crippen molar-refractivity contribution in [3.63, 3.8) is 0 Å². The number of aromatic nitrogens is 1. The van der Waals surface area contributed by atoms with Crippen LogP contribution in [0.1, 0.15) is 12.0 Å². The Bertz CT molecular complexity index is 1120. The van der Waals surface area contributed by atoms with Gasteiger partial charge >= 0.3 is 0 Å². The minimum atomic E-state index is -0.169. The first-order valence-corrected chi connectivity index (χ1v) is 11.6. The van der Waals surface area contributed by atoms with Gasteiger partial charge in [-0.25, -0.2) is 4.98 Å². The molecule has 3 rings (SSSR count). The van der Waals surface area contributed by atoms with Gasteiger partial charge in [0.25, 0.3) is 5.91 Å². The van der Waals surface area contributed by atoms with Crippen molar-refractivity contribution in [1.29, 1.82) is 0 Å². The number of nitrogens with zero attached hydrogens (tertiary/aromatic N) is 3. The molecule has 0 spiro atoms. The lowest BCUT2D eigenvalue weighted by atomic mass is 10.1. The van der Waals surface area contributed by atoms with E-state index in [9.17, 15) is 4.79 Å². The van der Waals surface area contributed by atoms with E-state index in [0.29, 0.717) is 39.5 Å². The van der Waals surface area contributed by atoms with Crippen molar-refractivity contribution in [2.45, 2.75) is 6.42 Å². The zero-order chi connectivity index (χ0) is 24.0. The van der Waals surface area contributed by atoms with Gasteiger partial charge in [-0.2, -0.15) is 0 Å². The number of hydrogen-bond acceptors (Lipinski definition) is 7. The molecule has 0 saturated carbocycles. The van der Waals surface area contributed by atoms with E-state index in [0.717, 1.165) is 23.2 Å². The van der Waals surface area contributed by atoms with Crippen LogP contribution < -0.4 is 19.1 Å². The molecular formula is C24H28ClN3O4S. The summed E-state index contributed by atoms with van der Waals surface area (Å²) in [5, 5.41) is 1.19. The fourth-order valence-electron chi connectivity index (χ4n) is 3.32. The van der Waals surface area contributed by atoms with Gasteiger partial charge in [-0.05, 0) is 63.0 Å². The quantitative estimate of drug-likeness (QED) is 0.374. The smallest absolute Gasteiger partial charge is 0.252 e. The molecule has 0 aliphatic carbocycles. The minimum Gasteiger partial charge on any atom is -0.493 e. The van der Waals surface area contributed by atoms with Crippen LogP contribution in [0.2, 0.25) is 5.02 Å². The highest BCUT2D eigenvalue weighted by Crippen LogP contribution is 2.38. The minimum absolute atomic E-state index is 0.169. The summed E-state index contributed by atoms with van der Waals surface area (Å²) in [6, 6.07) is 9.22. The lowest BCUT2D eigenvalue weighted by Crippen LogP contribution is -2.32. The van der Waals surface area contributed by atoms with Crippen molar-refractivity contribution < 1.29 is 19.0 Å². The summed E-state index contributed by atoms with van der Waals surface area (Å²) in [7, 11) is 8.68. The van der Waals surface area contributed by atoms with Crippen LogP contribution in [0, 0.1) is 0 Å². The highest BCUT2D eigenvalue weighted by atomic mass is 35.5. The number of ether oxygens (including phenoxy) is 3. The van der Waals surface area contributed by atoms with Crippen molar-refractivity contribution in [1.82, 2.24) is 9.88 Å². The summed E-state index contributed by atoms with van der Waals surface area (Å²) in [6.45, 7) is 1.39. The van der Waals surface area contributed by atoms with E-state index in [1.165, 1.54) is 17.4 Å². The van der Waals surface area contributed by atoms with Gasteiger partial charge in [0.05, 0.1) is 31.1 Å². The van der Waals surface area contributed by atoms with Crippen molar-refractivity contribution in [3.8, 4) is 17.2 Å². The molecule has 176 valence electrons. The fourth-order valence-corrected chi connectivity index (χ4v) is 4.62. The normalized spacial score (nSPS) is 11.4. The first kappa shape index (κ1) is 24.8. The van der Waals surface area contributed by atoms with Gasteiger partial charge in [-0.1, -0.05) is 29.0 Å². The van der Waals surface area contributed by atoms with Gasteiger partial charge < -0.3 is 19.1 Å². The highest BCUT2D eigenvalue weighted by Gasteiger charge is 2.19. The Labute approximate surface area is 203 Å². The van der Waals surface area contributed by atoms with Crippen LogP contribution in [0.5, 0.6) is 17.2 Å². The summed E-state index contributed by atoms with van der Waals surface area (Å²) >= 11 is 7.76. The first-order valence-electron chi connectivity index (χ1n) is 10.4. The predicted molar refractivity (Wildman–Crippen MR) is 135 cm³/mol. The molecule has 33 heavy (non-hydrogen) atoms. The molecule has 1 amide bonds. The summed E-state index contributed by atoms with van der Waals surface area (Å²) in [6.07, 6.45) is 4.07. The van der Waals surface area contributed by atoms with Gasteiger partial charge in [-0.3, -0.25) is 9.69 Å². The molecule has 0 radical (unpaired) electrons. The topological polar surface area (TPSA) is 64.1 Å². The number of rotatable bonds is 10. The van der Waals surface area contributed by atoms with Crippen LogP contribution >= 0.6 is 22.9 Å². The number of anilines is 1. The lowest BCUT2D eigenvalue weighted by Gasteiger charge is -2.19. The highest BCUT2D eigenvalue weighted by molar-refractivity contribution is 7.22. The molecule has 9 heteroatoms. The Morgan fingerprint density at radius 2 is 1.79 bits per heavy atom. The Morgan fingerprint density at radius 3 is 2.36 bits per heavy atom. The molecule has 1 heterocycles. The van der Waals surface area contributed by atoms with Gasteiger partial charge in [-0.15, -0.1) is 0 Å². The van der Waals surface area contributed by atoms with Gasteiger partial charge in [0.15, 0.2) is 16.6 Å². The number of methoxy groups -OCH3 is 3. The van der Waals surface area contributed by atoms with E-state index >= 15 is 0 Å². The average molecular weight is 490 g/mol. The molecule has 0 bridgehead atoms. The van der Waals surface area contributed by atoms with E-state index in [1.807, 2.05) is 26.2 Å². The van der Waals surface area contributed by atoms with Crippen LogP contribution in [0.3, 0.4) is 0 Å². The molecule has 1 aromatic heterocycles. The molecule has 0 saturated heterocycles. The number of carbonyl (C=O) groups excluding carboxylic acids is 1. The first-order chi connectivity index (χ1) is 15.9. The van der Waals surface area contributed by atoms with Crippen LogP contribution in [0.25, 0.3) is 16.3 Å². The second-order valence-electron chi connectivity index (χ2n) is 7.52. The second kappa shape index (κ2) is 11.4. The van der Waals surface area contributed by atoms with Crippen LogP contribution in [0.15, 0.2) is 36.4 Å². The van der Waals surface area contributed by atoms with E-state index in [2.05, 4.69) is 9.88 Å². The zero-order valence-electron chi connectivity index (χ0n) is 19.4. The lowest BCUT2D eigenvalue weighted by molar-refractivity contribution is -0.114. The Balaban J connectivity index is 1.91. The largest absolute Gasteiger partial charge is 0.493 e. The van der Waals surface area contributed by atoms with Crippen LogP contribution in [-0.2, 0) is 4.79 Å². The number of para-hydroxylation sites is 1. The van der Waals surface area contributed by atoms with Gasteiger partial charge in [0, 0.05) is 12.6 Å². The number of amides is 1. The Hall–Kier alpha value is -2.81. The summed E-state index contributed by atoms with van der Waals surface area (Å²) in [5.41, 5.74) is 1.46. The van der Waals surface area contributed by atoms with E-state index in [1.54, 1.807) is 50.5 Å². The Morgan fingerprint density at radius 1 is 1.09 bits per heavy atom. The maximum absolute atomic E-state index is 13.3. The number of halogens is 1. The van der Waals surface area contributed by atoms with Crippen molar-refractivity contribution in [2.75, 3.05) is 53.4 Å². The molecule has 0 aliphatic rings. The molecule has 2 aromatic carbocycles. The van der Waals surface area contributed by atoms with E-state index in [4.69, 9.17) is 25.8 Å². The molecule has 3 aromatic rings. The average Bonchev–Trinajstić information content (AvgIpc) is 3.24. The molecule has 0 N–H and O–H groups in total. The standard InChI is InChI=1S/C24H28ClN3O4S/c1-27(2)12-7-13-28(24-26-22-17(25)8-6-9-20(22)33-24)21(29)11-10-16-14-18(30-3)23(32-5)19(15-16)31-4/h6,8-11,14-15H,7,12-13H2,1-5H3. The predicted octanol–water partition coefficient (Wildman–Crippen LogP) is 4.97. The monoisotopic (exact) mass is 489 g/mol. The third kappa shape index (κ3) is 5.96. The molecular weight excluding hydrogens is 462 g/mol. The SMILES string of the molecule is COc1cc(C=CC(=O)N(CCCN(C)C)c2nc3c(Cl)cccc3s2)cc(OC)c1OC. The maximum atomic E-state index is 13.3. The van der Waals surface area contributed by atoms with Gasteiger partial charge in [0.1, 0.15) is 5.52 Å². The number of benzene rings is 2. The van der Waals surface area contributed by atoms with E-state index in [-0.39, 0.29) is 5.91 Å². The third-order valence-corrected chi connectivity index (χ3v) is 6.30. The molecule has 7 nitrogen and oxygen atoms in total. The number of fused-ring (bicyclic) bond motifs is 1. The zero-order valence-corrected chi connectivity index (χ0v) is 21.0. The molecule has 0 unspecified atom stereocenters. The number of carbonyl (C=O) groups is 1. The number of hydrogen-bond donors (Lipinski definition) is 0. The maximum Gasteiger partial charge on any atom is 0.252 e. The third-order valence-electron chi connectivity index (χ3n) is 4.95. The molecule has 0 fully saturated rings. The van der Waals surface area contributed by atoms with Crippen molar-refractivity contribution in [2.24, 2.45) is 0 Å². The Kier molecular flexibility index (Phi) is 8.55. The van der Waals surface area contributed by atoms with Crippen LogP contribution in [0.4, 0.5) is 5.13 Å². The van der Waals surface area contributed by atoms with Gasteiger partial charge in [0.2, 0.25) is 5.75 Å². The summed E-state index contributed by atoms with van der Waals surface area (Å²) < 4.78 is 17.1. The molecule has 0 aliphatic heterocycles. The number of thiazole rings is 1. The molecule has 0 atom stereocenters. The van der Waals surface area contributed by atoms with Crippen molar-refractivity contribution in [3.05, 3.63) is 47.0 Å². The summed E-state index contributed by atoms with van der Waals surface area (Å²) in [4.78, 5) is 21.7. The summed E-state index contributed by atoms with van der Waals surface area (Å²) in [5.74, 6) is 1.37. The second-order valence-corrected chi connectivity index (χ2v) is 8.94. The van der Waals surface area contributed by atoms with E-state index < -0.39 is 0 Å².